The lowest BCUT2D eigenvalue weighted by Crippen LogP contribution is -2.00. The molecule has 0 aliphatic heterocycles. The van der Waals surface area contributed by atoms with Crippen LogP contribution in [0.4, 0.5) is 14.5 Å². The Morgan fingerprint density at radius 1 is 1.19 bits per heavy atom. The Morgan fingerprint density at radius 2 is 2.00 bits per heavy atom. The molecule has 1 heterocycles. The van der Waals surface area contributed by atoms with Gasteiger partial charge in [-0.3, -0.25) is 4.21 Å². The molecule has 0 bridgehead atoms. The monoisotopic (exact) mass is 308 g/mol. The zero-order valence-corrected chi connectivity index (χ0v) is 11.5. The number of nitrogens with two attached hydrogens (primary N) is 1. The highest BCUT2D eigenvalue weighted by molar-refractivity contribution is 7.84. The molecule has 4 nitrogen and oxygen atoms in total. The Hall–Kier alpha value is -2.28. The standard InChI is InChI=1S/C14H10F2N2O2S/c15-8-1-3-10(16)13(5-8)21(19)7-14-18-11-4-2-9(17)6-12(11)20-14/h1-6H,7,17H2. The summed E-state index contributed by atoms with van der Waals surface area (Å²) >= 11 is 0. The third-order valence-electron chi connectivity index (χ3n) is 2.85. The van der Waals surface area contributed by atoms with Gasteiger partial charge in [0.25, 0.3) is 0 Å². The summed E-state index contributed by atoms with van der Waals surface area (Å²) in [5.41, 5.74) is 7.16. The van der Waals surface area contributed by atoms with E-state index in [9.17, 15) is 13.0 Å². The molecule has 1 aromatic heterocycles. The second kappa shape index (κ2) is 5.25. The average molecular weight is 308 g/mol. The van der Waals surface area contributed by atoms with Gasteiger partial charge in [-0.05, 0) is 30.3 Å². The molecule has 0 saturated carbocycles. The minimum Gasteiger partial charge on any atom is -0.440 e. The molecule has 2 aromatic carbocycles. The first-order valence-corrected chi connectivity index (χ1v) is 7.33. The molecule has 0 radical (unpaired) electrons. The number of benzene rings is 2. The van der Waals surface area contributed by atoms with Gasteiger partial charge >= 0.3 is 0 Å². The predicted octanol–water partition coefficient (Wildman–Crippen LogP) is 3.00. The zero-order valence-electron chi connectivity index (χ0n) is 10.7. The van der Waals surface area contributed by atoms with E-state index in [2.05, 4.69) is 4.98 Å². The van der Waals surface area contributed by atoms with Gasteiger partial charge in [-0.2, -0.15) is 0 Å². The molecule has 2 N–H and O–H groups in total. The zero-order chi connectivity index (χ0) is 15.0. The van der Waals surface area contributed by atoms with Crippen LogP contribution in [0.1, 0.15) is 5.89 Å². The molecule has 3 rings (SSSR count). The predicted molar refractivity (Wildman–Crippen MR) is 74.9 cm³/mol. The molecule has 108 valence electrons. The summed E-state index contributed by atoms with van der Waals surface area (Å²) in [7, 11) is -1.79. The molecule has 0 saturated heterocycles. The molecule has 0 fully saturated rings. The van der Waals surface area contributed by atoms with Gasteiger partial charge in [0.1, 0.15) is 22.9 Å². The average Bonchev–Trinajstić information content (AvgIpc) is 2.82. The third-order valence-corrected chi connectivity index (χ3v) is 4.16. The maximum absolute atomic E-state index is 13.6. The lowest BCUT2D eigenvalue weighted by molar-refractivity contribution is 0.549. The molecule has 1 atom stereocenters. The fourth-order valence-electron chi connectivity index (χ4n) is 1.89. The Labute approximate surface area is 121 Å². The molecule has 0 spiro atoms. The molecule has 21 heavy (non-hydrogen) atoms. The van der Waals surface area contributed by atoms with Crippen LogP contribution in [0, 0.1) is 11.6 Å². The van der Waals surface area contributed by atoms with Crippen LogP contribution in [-0.4, -0.2) is 9.19 Å². The van der Waals surface area contributed by atoms with E-state index in [-0.39, 0.29) is 16.5 Å². The second-order valence-electron chi connectivity index (χ2n) is 4.40. The van der Waals surface area contributed by atoms with Gasteiger partial charge in [0, 0.05) is 11.8 Å². The summed E-state index contributed by atoms with van der Waals surface area (Å²) in [6.45, 7) is 0. The minimum absolute atomic E-state index is 0.144. The Balaban J connectivity index is 1.90. The molecule has 0 amide bonds. The van der Waals surface area contributed by atoms with Crippen LogP contribution in [0.5, 0.6) is 0 Å². The van der Waals surface area contributed by atoms with E-state index in [0.717, 1.165) is 18.2 Å². The second-order valence-corrected chi connectivity index (χ2v) is 5.82. The quantitative estimate of drug-likeness (QED) is 0.755. The Morgan fingerprint density at radius 3 is 2.81 bits per heavy atom. The van der Waals surface area contributed by atoms with Gasteiger partial charge in [-0.1, -0.05) is 0 Å². The van der Waals surface area contributed by atoms with E-state index in [0.29, 0.717) is 16.8 Å². The lowest BCUT2D eigenvalue weighted by atomic mass is 10.3. The number of hydrogen-bond donors (Lipinski definition) is 1. The van der Waals surface area contributed by atoms with Crippen LogP contribution >= 0.6 is 0 Å². The topological polar surface area (TPSA) is 69.1 Å². The van der Waals surface area contributed by atoms with Gasteiger partial charge in [-0.25, -0.2) is 13.8 Å². The summed E-state index contributed by atoms with van der Waals surface area (Å²) in [5, 5.41) is 0. The van der Waals surface area contributed by atoms with Crippen molar-refractivity contribution >= 4 is 27.6 Å². The van der Waals surface area contributed by atoms with E-state index in [1.165, 1.54) is 0 Å². The van der Waals surface area contributed by atoms with E-state index >= 15 is 0 Å². The first-order chi connectivity index (χ1) is 10.0. The smallest absolute Gasteiger partial charge is 0.208 e. The van der Waals surface area contributed by atoms with Crippen molar-refractivity contribution in [3.63, 3.8) is 0 Å². The molecule has 7 heteroatoms. The first-order valence-electron chi connectivity index (χ1n) is 6.01. The molecule has 0 aliphatic carbocycles. The van der Waals surface area contributed by atoms with Crippen molar-refractivity contribution < 1.29 is 17.4 Å². The Kier molecular flexibility index (Phi) is 3.42. The maximum Gasteiger partial charge on any atom is 0.208 e. The Bertz CT molecular complexity index is 848. The van der Waals surface area contributed by atoms with Crippen molar-refractivity contribution in [1.29, 1.82) is 0 Å². The van der Waals surface area contributed by atoms with Crippen LogP contribution in [0.15, 0.2) is 45.7 Å². The van der Waals surface area contributed by atoms with Gasteiger partial charge in [0.2, 0.25) is 5.89 Å². The molecule has 3 aromatic rings. The van der Waals surface area contributed by atoms with Gasteiger partial charge in [0.15, 0.2) is 5.58 Å². The number of aromatic nitrogens is 1. The number of oxazole rings is 1. The first kappa shape index (κ1) is 13.7. The number of anilines is 1. The maximum atomic E-state index is 13.6. The van der Waals surface area contributed by atoms with E-state index in [1.807, 2.05) is 0 Å². The molecule has 0 aliphatic rings. The summed E-state index contributed by atoms with van der Waals surface area (Å²) < 4.78 is 44.2. The van der Waals surface area contributed by atoms with Crippen molar-refractivity contribution in [2.45, 2.75) is 10.6 Å². The van der Waals surface area contributed by atoms with Gasteiger partial charge in [-0.15, -0.1) is 0 Å². The molecule has 1 unspecified atom stereocenters. The molecular formula is C14H10F2N2O2S. The van der Waals surface area contributed by atoms with Crippen LogP contribution in [0.25, 0.3) is 11.1 Å². The normalized spacial score (nSPS) is 12.7. The number of nitrogens with zero attached hydrogens (tertiary/aromatic N) is 1. The SMILES string of the molecule is Nc1ccc2nc(CS(=O)c3cc(F)ccc3F)oc2c1. The van der Waals surface area contributed by atoms with E-state index < -0.39 is 22.4 Å². The van der Waals surface area contributed by atoms with E-state index in [4.69, 9.17) is 10.2 Å². The third kappa shape index (κ3) is 2.78. The van der Waals surface area contributed by atoms with Gasteiger partial charge < -0.3 is 10.2 Å². The number of fused-ring (bicyclic) bond motifs is 1. The lowest BCUT2D eigenvalue weighted by Gasteiger charge is -2.01. The molecular weight excluding hydrogens is 298 g/mol. The van der Waals surface area contributed by atoms with Crippen LogP contribution < -0.4 is 5.73 Å². The number of hydrogen-bond acceptors (Lipinski definition) is 4. The van der Waals surface area contributed by atoms with Crippen molar-refractivity contribution in [1.82, 2.24) is 4.98 Å². The highest BCUT2D eigenvalue weighted by Crippen LogP contribution is 2.22. The highest BCUT2D eigenvalue weighted by atomic mass is 32.2. The van der Waals surface area contributed by atoms with Crippen molar-refractivity contribution in [3.05, 3.63) is 53.9 Å². The van der Waals surface area contributed by atoms with Gasteiger partial charge in [0.05, 0.1) is 15.7 Å². The van der Waals surface area contributed by atoms with Crippen molar-refractivity contribution in [2.75, 3.05) is 5.73 Å². The fraction of sp³-hybridized carbons (Fsp3) is 0.0714. The minimum atomic E-state index is -1.79. The largest absolute Gasteiger partial charge is 0.440 e. The number of nitrogen functional groups attached to an aromatic ring is 1. The summed E-state index contributed by atoms with van der Waals surface area (Å²) in [6.07, 6.45) is 0. The van der Waals surface area contributed by atoms with Crippen molar-refractivity contribution in [3.8, 4) is 0 Å². The summed E-state index contributed by atoms with van der Waals surface area (Å²) in [6, 6.07) is 7.75. The van der Waals surface area contributed by atoms with Crippen LogP contribution in [0.2, 0.25) is 0 Å². The highest BCUT2D eigenvalue weighted by Gasteiger charge is 2.15. The number of halogens is 2. The summed E-state index contributed by atoms with van der Waals surface area (Å²) in [5.74, 6) is -1.34. The summed E-state index contributed by atoms with van der Waals surface area (Å²) in [4.78, 5) is 3.93. The number of rotatable bonds is 3. The van der Waals surface area contributed by atoms with Crippen LogP contribution in [0.3, 0.4) is 0 Å². The van der Waals surface area contributed by atoms with E-state index in [1.54, 1.807) is 18.2 Å². The van der Waals surface area contributed by atoms with Crippen molar-refractivity contribution in [2.24, 2.45) is 0 Å². The fourth-order valence-corrected chi connectivity index (χ4v) is 2.93. The van der Waals surface area contributed by atoms with Crippen LogP contribution in [-0.2, 0) is 16.6 Å².